The highest BCUT2D eigenvalue weighted by molar-refractivity contribution is 6.03. The lowest BCUT2D eigenvalue weighted by Gasteiger charge is -2.27. The summed E-state index contributed by atoms with van der Waals surface area (Å²) >= 11 is 0. The van der Waals surface area contributed by atoms with Crippen molar-refractivity contribution in [2.75, 3.05) is 37.0 Å². The maximum Gasteiger partial charge on any atom is 0.270 e. The predicted octanol–water partition coefficient (Wildman–Crippen LogP) is 2.64. The van der Waals surface area contributed by atoms with Gasteiger partial charge in [-0.25, -0.2) is 9.97 Å². The van der Waals surface area contributed by atoms with Crippen molar-refractivity contribution in [3.63, 3.8) is 0 Å². The molecule has 2 aliphatic rings. The highest BCUT2D eigenvalue weighted by Gasteiger charge is 2.30. The van der Waals surface area contributed by atoms with Crippen LogP contribution >= 0.6 is 0 Å². The van der Waals surface area contributed by atoms with Crippen molar-refractivity contribution < 1.29 is 14.3 Å². The van der Waals surface area contributed by atoms with Crippen LogP contribution in [0.2, 0.25) is 0 Å². The number of piperidine rings is 1. The first-order valence-electron chi connectivity index (χ1n) is 10.4. The Morgan fingerprint density at radius 3 is 2.80 bits per heavy atom. The normalized spacial score (nSPS) is 18.0. The number of nitrogens with zero attached hydrogens (tertiary/aromatic N) is 3. The first kappa shape index (κ1) is 20.1. The standard InChI is InChI=1S/C22H27N5O3/c1-14-12-19(26-22(24-14)27-10-4-3-5-11-27)21(29)23-9-8-16-17-13-15(30-2)6-7-18(17)25-20(16)28/h6-7,12-13,16H,3-5,8-11H2,1-2H3,(H,23,29)(H,25,28)/t16-/m1/s1. The second-order valence-corrected chi connectivity index (χ2v) is 7.78. The van der Waals surface area contributed by atoms with E-state index in [9.17, 15) is 9.59 Å². The predicted molar refractivity (Wildman–Crippen MR) is 114 cm³/mol. The second-order valence-electron chi connectivity index (χ2n) is 7.78. The molecule has 1 fully saturated rings. The number of hydrogen-bond acceptors (Lipinski definition) is 6. The molecule has 8 heteroatoms. The Labute approximate surface area is 176 Å². The Morgan fingerprint density at radius 2 is 2.03 bits per heavy atom. The van der Waals surface area contributed by atoms with Crippen molar-refractivity contribution in [1.29, 1.82) is 0 Å². The van der Waals surface area contributed by atoms with E-state index in [0.29, 0.717) is 30.4 Å². The quantitative estimate of drug-likeness (QED) is 0.761. The molecule has 0 aliphatic carbocycles. The lowest BCUT2D eigenvalue weighted by atomic mass is 9.97. The topological polar surface area (TPSA) is 96.4 Å². The van der Waals surface area contributed by atoms with E-state index in [4.69, 9.17) is 4.74 Å². The van der Waals surface area contributed by atoms with Gasteiger partial charge >= 0.3 is 0 Å². The summed E-state index contributed by atoms with van der Waals surface area (Å²) in [6, 6.07) is 7.24. The molecule has 1 atom stereocenters. The summed E-state index contributed by atoms with van der Waals surface area (Å²) in [4.78, 5) is 36.2. The van der Waals surface area contributed by atoms with Crippen LogP contribution in [0.1, 0.15) is 53.3 Å². The van der Waals surface area contributed by atoms with Gasteiger partial charge in [-0.2, -0.15) is 0 Å². The average Bonchev–Trinajstić information content (AvgIpc) is 3.08. The van der Waals surface area contributed by atoms with E-state index in [2.05, 4.69) is 25.5 Å². The van der Waals surface area contributed by atoms with Crippen LogP contribution in [-0.2, 0) is 4.79 Å². The smallest absolute Gasteiger partial charge is 0.270 e. The molecule has 2 aromatic rings. The van der Waals surface area contributed by atoms with Gasteiger partial charge in [-0.3, -0.25) is 9.59 Å². The highest BCUT2D eigenvalue weighted by atomic mass is 16.5. The number of methoxy groups -OCH3 is 1. The molecule has 3 heterocycles. The largest absolute Gasteiger partial charge is 0.497 e. The molecule has 1 aromatic heterocycles. The zero-order valence-corrected chi connectivity index (χ0v) is 17.4. The van der Waals surface area contributed by atoms with Gasteiger partial charge in [-0.05, 0) is 62.4 Å². The van der Waals surface area contributed by atoms with Gasteiger partial charge in [-0.15, -0.1) is 0 Å². The number of amides is 2. The fourth-order valence-corrected chi connectivity index (χ4v) is 4.04. The van der Waals surface area contributed by atoms with E-state index >= 15 is 0 Å². The van der Waals surface area contributed by atoms with Crippen LogP contribution in [0.5, 0.6) is 5.75 Å². The number of nitrogens with one attached hydrogen (secondary N) is 2. The first-order chi connectivity index (χ1) is 14.5. The van der Waals surface area contributed by atoms with Crippen LogP contribution in [-0.4, -0.2) is 48.5 Å². The Bertz CT molecular complexity index is 956. The summed E-state index contributed by atoms with van der Waals surface area (Å²) < 4.78 is 5.27. The minimum atomic E-state index is -0.313. The number of ether oxygens (including phenoxy) is 1. The van der Waals surface area contributed by atoms with E-state index in [1.165, 1.54) is 6.42 Å². The lowest BCUT2D eigenvalue weighted by molar-refractivity contribution is -0.117. The Morgan fingerprint density at radius 1 is 1.23 bits per heavy atom. The molecule has 2 aliphatic heterocycles. The minimum absolute atomic E-state index is 0.0576. The number of rotatable bonds is 6. The van der Waals surface area contributed by atoms with Crippen molar-refractivity contribution in [3.8, 4) is 5.75 Å². The number of carbonyl (C=O) groups is 2. The molecule has 158 valence electrons. The number of carbonyl (C=O) groups excluding carboxylic acids is 2. The van der Waals surface area contributed by atoms with Crippen molar-refractivity contribution in [2.24, 2.45) is 0 Å². The van der Waals surface area contributed by atoms with Crippen molar-refractivity contribution in [2.45, 2.75) is 38.5 Å². The fourth-order valence-electron chi connectivity index (χ4n) is 4.04. The van der Waals surface area contributed by atoms with Gasteiger partial charge in [0.05, 0.1) is 13.0 Å². The molecule has 2 N–H and O–H groups in total. The summed E-state index contributed by atoms with van der Waals surface area (Å²) in [5, 5.41) is 5.79. The Hall–Kier alpha value is -3.16. The minimum Gasteiger partial charge on any atom is -0.497 e. The zero-order valence-electron chi connectivity index (χ0n) is 17.4. The molecule has 0 spiro atoms. The molecule has 1 saturated heterocycles. The number of anilines is 2. The van der Waals surface area contributed by atoms with E-state index in [-0.39, 0.29) is 17.7 Å². The summed E-state index contributed by atoms with van der Waals surface area (Å²) in [7, 11) is 1.60. The van der Waals surface area contributed by atoms with Crippen molar-refractivity contribution in [3.05, 3.63) is 41.2 Å². The fraction of sp³-hybridized carbons (Fsp3) is 0.455. The van der Waals surface area contributed by atoms with Crippen LogP contribution in [0.3, 0.4) is 0 Å². The highest BCUT2D eigenvalue weighted by Crippen LogP contribution is 2.36. The Kier molecular flexibility index (Phi) is 5.83. The molecular weight excluding hydrogens is 382 g/mol. The molecule has 1 aromatic carbocycles. The van der Waals surface area contributed by atoms with Gasteiger partial charge in [0, 0.05) is 31.0 Å². The molecule has 0 radical (unpaired) electrons. The molecule has 4 rings (SSSR count). The summed E-state index contributed by atoms with van der Waals surface area (Å²) in [5.74, 6) is 0.712. The number of benzene rings is 1. The monoisotopic (exact) mass is 409 g/mol. The lowest BCUT2D eigenvalue weighted by Crippen LogP contribution is -2.33. The van der Waals surface area contributed by atoms with Crippen molar-refractivity contribution in [1.82, 2.24) is 15.3 Å². The number of fused-ring (bicyclic) bond motifs is 1. The van der Waals surface area contributed by atoms with Gasteiger partial charge in [0.2, 0.25) is 11.9 Å². The SMILES string of the molecule is COc1ccc2c(c1)[C@@H](CCNC(=O)c1cc(C)nc(N3CCCCC3)n1)C(=O)N2. The van der Waals surface area contributed by atoms with Crippen LogP contribution in [0.25, 0.3) is 0 Å². The van der Waals surface area contributed by atoms with Gasteiger partial charge in [0.1, 0.15) is 11.4 Å². The number of hydrogen-bond donors (Lipinski definition) is 2. The first-order valence-corrected chi connectivity index (χ1v) is 10.4. The van der Waals surface area contributed by atoms with Crippen LogP contribution in [0.4, 0.5) is 11.6 Å². The van der Waals surface area contributed by atoms with E-state index in [1.807, 2.05) is 25.1 Å². The molecule has 0 bridgehead atoms. The Balaban J connectivity index is 1.40. The summed E-state index contributed by atoms with van der Waals surface area (Å²) in [5.41, 5.74) is 2.83. The molecule has 0 saturated carbocycles. The zero-order chi connectivity index (χ0) is 21.1. The van der Waals surface area contributed by atoms with Crippen molar-refractivity contribution >= 4 is 23.5 Å². The summed E-state index contributed by atoms with van der Waals surface area (Å²) in [6.45, 7) is 4.09. The van der Waals surface area contributed by atoms with Gasteiger partial charge in [0.15, 0.2) is 0 Å². The summed E-state index contributed by atoms with van der Waals surface area (Å²) in [6.07, 6.45) is 3.96. The number of aromatic nitrogens is 2. The second kappa shape index (κ2) is 8.69. The molecule has 0 unspecified atom stereocenters. The van der Waals surface area contributed by atoms with Crippen LogP contribution in [0.15, 0.2) is 24.3 Å². The van der Waals surface area contributed by atoms with Gasteiger partial charge in [-0.1, -0.05) is 0 Å². The maximum atomic E-state index is 12.7. The molecule has 8 nitrogen and oxygen atoms in total. The van der Waals surface area contributed by atoms with E-state index < -0.39 is 0 Å². The van der Waals surface area contributed by atoms with Gasteiger partial charge < -0.3 is 20.3 Å². The third kappa shape index (κ3) is 4.22. The molecular formula is C22H27N5O3. The van der Waals surface area contributed by atoms with E-state index in [0.717, 1.165) is 42.9 Å². The van der Waals surface area contributed by atoms with Crippen LogP contribution in [0, 0.1) is 6.92 Å². The number of aryl methyl sites for hydroxylation is 1. The third-order valence-electron chi connectivity index (χ3n) is 5.64. The van der Waals surface area contributed by atoms with Crippen LogP contribution < -0.4 is 20.3 Å². The molecule has 2 amide bonds. The third-order valence-corrected chi connectivity index (χ3v) is 5.64. The maximum absolute atomic E-state index is 12.7. The molecule has 30 heavy (non-hydrogen) atoms. The average molecular weight is 409 g/mol. The van der Waals surface area contributed by atoms with Gasteiger partial charge in [0.25, 0.3) is 5.91 Å². The van der Waals surface area contributed by atoms with E-state index in [1.54, 1.807) is 13.2 Å².